The summed E-state index contributed by atoms with van der Waals surface area (Å²) in [4.78, 5) is 0. The van der Waals surface area contributed by atoms with Crippen molar-refractivity contribution in [3.05, 3.63) is 0 Å². The van der Waals surface area contributed by atoms with E-state index in [0.29, 0.717) is 0 Å². The minimum atomic E-state index is 0.233. The Morgan fingerprint density at radius 3 is 1.06 bits per heavy atom. The van der Waals surface area contributed by atoms with E-state index >= 15 is 0 Å². The van der Waals surface area contributed by atoms with Gasteiger partial charge in [-0.05, 0) is 50.0 Å². The maximum atomic E-state index is 6.01. The first-order chi connectivity index (χ1) is 7.60. The molecular weight excluding hydrogens is 238 g/mol. The summed E-state index contributed by atoms with van der Waals surface area (Å²) in [5.41, 5.74) is 17.8. The van der Waals surface area contributed by atoms with E-state index in [0.717, 1.165) is 50.0 Å². The van der Waals surface area contributed by atoms with Crippen LogP contribution in [0.2, 0.25) is 0 Å². The highest BCUT2D eigenvalue weighted by atomic mass is 32.1. The van der Waals surface area contributed by atoms with Crippen LogP contribution in [0.5, 0.6) is 0 Å². The molecule has 0 aromatic carbocycles. The van der Waals surface area contributed by atoms with Crippen LogP contribution in [0.15, 0.2) is 0 Å². The SMILES string of the molecule is NC(CCS)CCC(N)CCC(N)CCS. The van der Waals surface area contributed by atoms with Crippen molar-refractivity contribution in [3.63, 3.8) is 0 Å². The summed E-state index contributed by atoms with van der Waals surface area (Å²) < 4.78 is 0. The standard InChI is InChI=1S/C11H27N3S2/c12-9(1-3-10(13)5-7-15)2-4-11(14)6-8-16/h9-11,15-16H,1-8,12-14H2. The van der Waals surface area contributed by atoms with Gasteiger partial charge in [0.05, 0.1) is 0 Å². The van der Waals surface area contributed by atoms with Crippen LogP contribution in [-0.2, 0) is 0 Å². The third-order valence-corrected chi connectivity index (χ3v) is 3.33. The summed E-state index contributed by atoms with van der Waals surface area (Å²) in [6.45, 7) is 0. The van der Waals surface area contributed by atoms with Crippen molar-refractivity contribution in [2.75, 3.05) is 11.5 Å². The van der Waals surface area contributed by atoms with Crippen LogP contribution in [0.1, 0.15) is 38.5 Å². The van der Waals surface area contributed by atoms with Crippen LogP contribution >= 0.6 is 25.3 Å². The van der Waals surface area contributed by atoms with E-state index in [2.05, 4.69) is 25.3 Å². The smallest absolute Gasteiger partial charge is 0.00471 e. The maximum absolute atomic E-state index is 6.01. The summed E-state index contributed by atoms with van der Waals surface area (Å²) in [6, 6.07) is 0.723. The summed E-state index contributed by atoms with van der Waals surface area (Å²) in [5, 5.41) is 0. The van der Waals surface area contributed by atoms with E-state index in [1.54, 1.807) is 0 Å². The lowest BCUT2D eigenvalue weighted by Gasteiger charge is -2.17. The average Bonchev–Trinajstić information content (AvgIpc) is 2.24. The van der Waals surface area contributed by atoms with E-state index in [1.165, 1.54) is 0 Å². The first kappa shape index (κ1) is 16.6. The summed E-state index contributed by atoms with van der Waals surface area (Å²) in [7, 11) is 0. The van der Waals surface area contributed by atoms with Crippen molar-refractivity contribution in [3.8, 4) is 0 Å². The van der Waals surface area contributed by atoms with Gasteiger partial charge < -0.3 is 17.2 Å². The Morgan fingerprint density at radius 1 is 0.562 bits per heavy atom. The van der Waals surface area contributed by atoms with Crippen LogP contribution < -0.4 is 17.2 Å². The Morgan fingerprint density at radius 2 is 0.812 bits per heavy atom. The van der Waals surface area contributed by atoms with Gasteiger partial charge in [-0.3, -0.25) is 0 Å². The molecule has 16 heavy (non-hydrogen) atoms. The number of nitrogens with two attached hydrogens (primary N) is 3. The van der Waals surface area contributed by atoms with Gasteiger partial charge in [0, 0.05) is 18.1 Å². The van der Waals surface area contributed by atoms with E-state index in [1.807, 2.05) is 0 Å². The Bertz CT molecular complexity index is 142. The fourth-order valence-corrected chi connectivity index (χ4v) is 2.28. The molecule has 0 aromatic heterocycles. The van der Waals surface area contributed by atoms with E-state index in [4.69, 9.17) is 17.2 Å². The molecule has 0 aromatic rings. The second-order valence-corrected chi connectivity index (χ2v) is 5.35. The van der Waals surface area contributed by atoms with Crippen LogP contribution in [0.4, 0.5) is 0 Å². The molecule has 0 saturated carbocycles. The van der Waals surface area contributed by atoms with E-state index in [-0.39, 0.29) is 18.1 Å². The zero-order valence-electron chi connectivity index (χ0n) is 10.0. The van der Waals surface area contributed by atoms with Gasteiger partial charge in [-0.15, -0.1) is 0 Å². The lowest BCUT2D eigenvalue weighted by atomic mass is 9.99. The van der Waals surface area contributed by atoms with Gasteiger partial charge in [-0.2, -0.15) is 25.3 Å². The van der Waals surface area contributed by atoms with Gasteiger partial charge in [0.2, 0.25) is 0 Å². The van der Waals surface area contributed by atoms with E-state index < -0.39 is 0 Å². The monoisotopic (exact) mass is 265 g/mol. The number of thiol groups is 2. The maximum Gasteiger partial charge on any atom is 0.00471 e. The fourth-order valence-electron chi connectivity index (χ4n) is 1.62. The van der Waals surface area contributed by atoms with Gasteiger partial charge in [-0.25, -0.2) is 0 Å². The molecule has 2 atom stereocenters. The topological polar surface area (TPSA) is 78.1 Å². The number of hydrogen-bond acceptors (Lipinski definition) is 5. The van der Waals surface area contributed by atoms with Crippen LogP contribution in [0, 0.1) is 0 Å². The predicted octanol–water partition coefficient (Wildman–Crippen LogP) is 1.17. The first-order valence-electron chi connectivity index (χ1n) is 6.08. The molecule has 0 spiro atoms. The molecule has 6 N–H and O–H groups in total. The van der Waals surface area contributed by atoms with Gasteiger partial charge in [0.1, 0.15) is 0 Å². The number of rotatable bonds is 10. The predicted molar refractivity (Wildman–Crippen MR) is 79.3 cm³/mol. The van der Waals surface area contributed by atoms with Crippen molar-refractivity contribution < 1.29 is 0 Å². The third-order valence-electron chi connectivity index (χ3n) is 2.82. The zero-order valence-corrected chi connectivity index (χ0v) is 11.8. The van der Waals surface area contributed by atoms with Crippen molar-refractivity contribution in [2.24, 2.45) is 17.2 Å². The van der Waals surface area contributed by atoms with Crippen molar-refractivity contribution in [2.45, 2.75) is 56.7 Å². The highest BCUT2D eigenvalue weighted by Gasteiger charge is 2.09. The molecule has 3 nitrogen and oxygen atoms in total. The molecule has 0 radical (unpaired) electrons. The van der Waals surface area contributed by atoms with Crippen molar-refractivity contribution in [1.82, 2.24) is 0 Å². The van der Waals surface area contributed by atoms with Crippen molar-refractivity contribution in [1.29, 1.82) is 0 Å². The molecule has 0 saturated heterocycles. The van der Waals surface area contributed by atoms with E-state index in [9.17, 15) is 0 Å². The van der Waals surface area contributed by atoms with Gasteiger partial charge in [0.25, 0.3) is 0 Å². The molecule has 0 bridgehead atoms. The lowest BCUT2D eigenvalue weighted by molar-refractivity contribution is 0.457. The number of hydrogen-bond donors (Lipinski definition) is 5. The van der Waals surface area contributed by atoms with Gasteiger partial charge in [-0.1, -0.05) is 0 Å². The highest BCUT2D eigenvalue weighted by Crippen LogP contribution is 2.09. The Balaban J connectivity index is 3.46. The molecule has 0 aliphatic heterocycles. The molecule has 0 aliphatic rings. The largest absolute Gasteiger partial charge is 0.328 e. The Labute approximate surface area is 111 Å². The normalized spacial score (nSPS) is 17.1. The minimum absolute atomic E-state index is 0.233. The third kappa shape index (κ3) is 9.78. The summed E-state index contributed by atoms with van der Waals surface area (Å²) >= 11 is 8.32. The fraction of sp³-hybridized carbons (Fsp3) is 1.00. The molecule has 0 aliphatic carbocycles. The molecule has 2 unspecified atom stereocenters. The molecule has 98 valence electrons. The Hall–Kier alpha value is 0.580. The second-order valence-electron chi connectivity index (χ2n) is 4.46. The minimum Gasteiger partial charge on any atom is -0.328 e. The molecule has 0 rings (SSSR count). The Kier molecular flexibility index (Phi) is 11.1. The quantitative estimate of drug-likeness (QED) is 0.385. The van der Waals surface area contributed by atoms with Gasteiger partial charge in [0.15, 0.2) is 0 Å². The molecule has 0 amide bonds. The van der Waals surface area contributed by atoms with Crippen LogP contribution in [-0.4, -0.2) is 29.6 Å². The van der Waals surface area contributed by atoms with Crippen LogP contribution in [0.25, 0.3) is 0 Å². The molecule has 5 heteroatoms. The second kappa shape index (κ2) is 10.7. The zero-order chi connectivity index (χ0) is 12.4. The molecule has 0 heterocycles. The highest BCUT2D eigenvalue weighted by molar-refractivity contribution is 7.80. The summed E-state index contributed by atoms with van der Waals surface area (Å²) in [6.07, 6.45) is 5.89. The first-order valence-corrected chi connectivity index (χ1v) is 7.35. The summed E-state index contributed by atoms with van der Waals surface area (Å²) in [5.74, 6) is 1.70. The molecule has 0 fully saturated rings. The average molecular weight is 265 g/mol. The molecular formula is C11H27N3S2. The van der Waals surface area contributed by atoms with Crippen molar-refractivity contribution >= 4 is 25.3 Å². The van der Waals surface area contributed by atoms with Gasteiger partial charge >= 0.3 is 0 Å². The van der Waals surface area contributed by atoms with Crippen LogP contribution in [0.3, 0.4) is 0 Å². The lowest BCUT2D eigenvalue weighted by Crippen LogP contribution is -2.29.